The van der Waals surface area contributed by atoms with Crippen molar-refractivity contribution in [3.8, 4) is 5.75 Å². The van der Waals surface area contributed by atoms with Crippen LogP contribution in [0.4, 0.5) is 18.9 Å². The van der Waals surface area contributed by atoms with Gasteiger partial charge in [-0.05, 0) is 49.3 Å². The van der Waals surface area contributed by atoms with Crippen LogP contribution in [0.25, 0.3) is 0 Å². The molecule has 4 rings (SSSR count). The van der Waals surface area contributed by atoms with Crippen LogP contribution in [0.1, 0.15) is 47.7 Å². The molecule has 33 heavy (non-hydrogen) atoms. The molecule has 2 fully saturated rings. The number of alkyl halides is 3. The van der Waals surface area contributed by atoms with Crippen molar-refractivity contribution >= 4 is 11.7 Å². The van der Waals surface area contributed by atoms with E-state index in [0.717, 1.165) is 11.3 Å². The number of carboxylic acid groups (broad SMARTS) is 1. The molecule has 1 N–H and O–H groups in total. The second kappa shape index (κ2) is 9.99. The second-order valence-electron chi connectivity index (χ2n) is 8.69. The van der Waals surface area contributed by atoms with Crippen LogP contribution in [-0.2, 0) is 4.74 Å². The summed E-state index contributed by atoms with van der Waals surface area (Å²) in [4.78, 5) is 17.6. The first-order valence-electron chi connectivity index (χ1n) is 11.1. The molecule has 2 aromatic rings. The third-order valence-corrected chi connectivity index (χ3v) is 6.43. The predicted molar refractivity (Wildman–Crippen MR) is 116 cm³/mol. The van der Waals surface area contributed by atoms with E-state index in [1.165, 1.54) is 0 Å². The molecule has 1 saturated carbocycles. The Morgan fingerprint density at radius 3 is 2.70 bits per heavy atom. The van der Waals surface area contributed by atoms with Crippen molar-refractivity contribution in [2.24, 2.45) is 11.8 Å². The molecule has 2 heterocycles. The van der Waals surface area contributed by atoms with E-state index in [0.29, 0.717) is 44.9 Å². The Bertz CT molecular complexity index is 961. The van der Waals surface area contributed by atoms with Gasteiger partial charge in [-0.15, -0.1) is 0 Å². The van der Waals surface area contributed by atoms with E-state index in [-0.39, 0.29) is 30.4 Å². The summed E-state index contributed by atoms with van der Waals surface area (Å²) in [5.74, 6) is -1.47. The quantitative estimate of drug-likeness (QED) is 0.641. The van der Waals surface area contributed by atoms with Gasteiger partial charge in [-0.1, -0.05) is 12.1 Å². The van der Waals surface area contributed by atoms with Crippen molar-refractivity contribution in [2.75, 3.05) is 31.2 Å². The highest BCUT2D eigenvalue weighted by Crippen LogP contribution is 2.39. The summed E-state index contributed by atoms with van der Waals surface area (Å²) in [6, 6.07) is 8.62. The molecule has 1 atom stereocenters. The van der Waals surface area contributed by atoms with E-state index in [2.05, 4.69) is 9.88 Å². The Balaban J connectivity index is 1.35. The number of halogens is 3. The normalized spacial score (nSPS) is 23.8. The van der Waals surface area contributed by atoms with Crippen LogP contribution in [0.3, 0.4) is 0 Å². The molecule has 0 amide bonds. The number of ether oxygens (including phenoxy) is 2. The first-order chi connectivity index (χ1) is 15.8. The molecular formula is C24H27F3N2O4. The summed E-state index contributed by atoms with van der Waals surface area (Å²) in [7, 11) is 0. The molecule has 0 spiro atoms. The predicted octanol–water partition coefficient (Wildman–Crippen LogP) is 5.11. The number of benzene rings is 1. The summed E-state index contributed by atoms with van der Waals surface area (Å²) >= 11 is 0. The molecule has 1 aliphatic heterocycles. The summed E-state index contributed by atoms with van der Waals surface area (Å²) in [6.45, 7) is 2.05. The topological polar surface area (TPSA) is 71.9 Å². The van der Waals surface area contributed by atoms with Crippen LogP contribution in [0.5, 0.6) is 5.75 Å². The molecule has 0 bridgehead atoms. The van der Waals surface area contributed by atoms with Gasteiger partial charge in [0, 0.05) is 19.2 Å². The number of carboxylic acids is 1. The highest BCUT2D eigenvalue weighted by molar-refractivity contribution is 5.87. The number of anilines is 1. The molecule has 1 aromatic heterocycles. The maximum absolute atomic E-state index is 12.9. The van der Waals surface area contributed by atoms with Gasteiger partial charge >= 0.3 is 12.1 Å². The minimum Gasteiger partial charge on any atom is -0.492 e. The lowest BCUT2D eigenvalue weighted by atomic mass is 9.82. The number of aromatic nitrogens is 1. The van der Waals surface area contributed by atoms with Crippen molar-refractivity contribution in [1.29, 1.82) is 0 Å². The SMILES string of the molecule is O=C(O)c1cccc(C2CN(c3cncc(OC[C@H]4CC[C@H](C(F)(F)F)CC4)c3)CCO2)c1. The zero-order chi connectivity index (χ0) is 23.4. The van der Waals surface area contributed by atoms with E-state index in [9.17, 15) is 23.1 Å². The van der Waals surface area contributed by atoms with Gasteiger partial charge in [0.2, 0.25) is 0 Å². The van der Waals surface area contributed by atoms with Crippen molar-refractivity contribution in [1.82, 2.24) is 4.98 Å². The highest BCUT2D eigenvalue weighted by atomic mass is 19.4. The number of aromatic carboxylic acids is 1. The zero-order valence-corrected chi connectivity index (χ0v) is 18.1. The maximum atomic E-state index is 12.9. The Labute approximate surface area is 190 Å². The van der Waals surface area contributed by atoms with Crippen LogP contribution < -0.4 is 9.64 Å². The summed E-state index contributed by atoms with van der Waals surface area (Å²) in [5.41, 5.74) is 1.87. The molecule has 6 nitrogen and oxygen atoms in total. The molecule has 0 radical (unpaired) electrons. The fourth-order valence-electron chi connectivity index (χ4n) is 4.49. The Morgan fingerprint density at radius 1 is 1.18 bits per heavy atom. The number of pyridine rings is 1. The average Bonchev–Trinajstić information content (AvgIpc) is 2.83. The first-order valence-corrected chi connectivity index (χ1v) is 11.1. The largest absolute Gasteiger partial charge is 0.492 e. The van der Waals surface area contributed by atoms with E-state index in [1.54, 1.807) is 30.6 Å². The molecule has 1 saturated heterocycles. The lowest BCUT2D eigenvalue weighted by Gasteiger charge is -2.34. The minimum absolute atomic E-state index is 0.113. The van der Waals surface area contributed by atoms with E-state index < -0.39 is 18.1 Å². The number of morpholine rings is 1. The third-order valence-electron chi connectivity index (χ3n) is 6.43. The molecule has 1 unspecified atom stereocenters. The lowest BCUT2D eigenvalue weighted by Crippen LogP contribution is -2.38. The van der Waals surface area contributed by atoms with Gasteiger partial charge in [0.15, 0.2) is 0 Å². The van der Waals surface area contributed by atoms with Crippen LogP contribution in [0.15, 0.2) is 42.7 Å². The maximum Gasteiger partial charge on any atom is 0.391 e. The zero-order valence-electron chi connectivity index (χ0n) is 18.1. The van der Waals surface area contributed by atoms with E-state index >= 15 is 0 Å². The number of hydrogen-bond acceptors (Lipinski definition) is 5. The van der Waals surface area contributed by atoms with Gasteiger partial charge in [0.25, 0.3) is 0 Å². The molecule has 9 heteroatoms. The van der Waals surface area contributed by atoms with Gasteiger partial charge < -0.3 is 19.5 Å². The average molecular weight is 464 g/mol. The first kappa shape index (κ1) is 23.4. The number of rotatable bonds is 6. The fourth-order valence-corrected chi connectivity index (χ4v) is 4.49. The Kier molecular flexibility index (Phi) is 7.07. The Hall–Kier alpha value is -2.81. The van der Waals surface area contributed by atoms with Crippen LogP contribution in [-0.4, -0.2) is 48.5 Å². The molecule has 1 aliphatic carbocycles. The van der Waals surface area contributed by atoms with Crippen molar-refractivity contribution in [3.63, 3.8) is 0 Å². The second-order valence-corrected chi connectivity index (χ2v) is 8.69. The minimum atomic E-state index is -4.10. The molecule has 1 aromatic carbocycles. The lowest BCUT2D eigenvalue weighted by molar-refractivity contribution is -0.184. The standard InChI is InChI=1S/C24H27F3N2O4/c25-24(26,27)19-6-4-16(5-7-19)15-33-21-11-20(12-28-13-21)29-8-9-32-22(14-29)17-2-1-3-18(10-17)23(30)31/h1-3,10-13,16,19,22H,4-9,14-15H2,(H,30,31)/t16-,19-,22?. The van der Waals surface area contributed by atoms with Gasteiger partial charge in [0.05, 0.1) is 42.8 Å². The molecule has 2 aliphatic rings. The summed E-state index contributed by atoms with van der Waals surface area (Å²) in [5, 5.41) is 9.24. The van der Waals surface area contributed by atoms with E-state index in [4.69, 9.17) is 9.47 Å². The monoisotopic (exact) mass is 464 g/mol. The number of nitrogens with zero attached hydrogens (tertiary/aromatic N) is 2. The van der Waals surface area contributed by atoms with Crippen LogP contribution in [0, 0.1) is 11.8 Å². The number of carbonyl (C=O) groups is 1. The van der Waals surface area contributed by atoms with Gasteiger partial charge in [-0.25, -0.2) is 4.79 Å². The number of hydrogen-bond donors (Lipinski definition) is 1. The van der Waals surface area contributed by atoms with Crippen LogP contribution in [0.2, 0.25) is 0 Å². The molecular weight excluding hydrogens is 437 g/mol. The smallest absolute Gasteiger partial charge is 0.391 e. The van der Waals surface area contributed by atoms with Crippen molar-refractivity contribution < 1.29 is 32.5 Å². The summed E-state index contributed by atoms with van der Waals surface area (Å²) in [6.07, 6.45) is 0.315. The van der Waals surface area contributed by atoms with Crippen molar-refractivity contribution in [3.05, 3.63) is 53.9 Å². The van der Waals surface area contributed by atoms with Gasteiger partial charge in [0.1, 0.15) is 11.9 Å². The van der Waals surface area contributed by atoms with E-state index in [1.807, 2.05) is 12.1 Å². The third kappa shape index (κ3) is 5.96. The van der Waals surface area contributed by atoms with Crippen LogP contribution >= 0.6 is 0 Å². The Morgan fingerprint density at radius 2 is 1.97 bits per heavy atom. The van der Waals surface area contributed by atoms with Gasteiger partial charge in [-0.3, -0.25) is 4.98 Å². The highest BCUT2D eigenvalue weighted by Gasteiger charge is 2.41. The molecule has 178 valence electrons. The summed E-state index contributed by atoms with van der Waals surface area (Å²) < 4.78 is 50.3. The fraction of sp³-hybridized carbons (Fsp3) is 0.500. The van der Waals surface area contributed by atoms with Crippen molar-refractivity contribution in [2.45, 2.75) is 38.0 Å². The van der Waals surface area contributed by atoms with Gasteiger partial charge in [-0.2, -0.15) is 13.2 Å².